The molecule has 0 unspecified atom stereocenters. The molecule has 2 aromatic carbocycles. The first-order chi connectivity index (χ1) is 9.19. The number of nitriles is 1. The predicted octanol–water partition coefficient (Wildman–Crippen LogP) is 2.62. The third kappa shape index (κ3) is 3.33. The van der Waals surface area contributed by atoms with Gasteiger partial charge in [-0.15, -0.1) is 0 Å². The van der Waals surface area contributed by atoms with Crippen molar-refractivity contribution in [3.63, 3.8) is 0 Å². The van der Waals surface area contributed by atoms with E-state index in [9.17, 15) is 4.79 Å². The van der Waals surface area contributed by atoms with E-state index in [1.54, 1.807) is 24.3 Å². The van der Waals surface area contributed by atoms with Crippen LogP contribution in [0.1, 0.15) is 21.5 Å². The minimum absolute atomic E-state index is 0.0956. The number of aromatic hydroxyl groups is 1. The van der Waals surface area contributed by atoms with E-state index in [0.29, 0.717) is 11.1 Å². The van der Waals surface area contributed by atoms with E-state index in [2.05, 4.69) is 0 Å². The fraction of sp³-hybridized carbons (Fsp3) is 0.0667. The SMILES string of the molecule is N#Cc1cccc(COC(=O)c2ccc(O)cc2)c1. The van der Waals surface area contributed by atoms with Gasteiger partial charge in [0.1, 0.15) is 12.4 Å². The Bertz CT molecular complexity index is 627. The zero-order valence-corrected chi connectivity index (χ0v) is 10.0. The van der Waals surface area contributed by atoms with E-state index in [0.717, 1.165) is 5.56 Å². The van der Waals surface area contributed by atoms with Crippen molar-refractivity contribution in [2.75, 3.05) is 0 Å². The summed E-state index contributed by atoms with van der Waals surface area (Å²) in [7, 11) is 0. The summed E-state index contributed by atoms with van der Waals surface area (Å²) in [5, 5.41) is 17.9. The van der Waals surface area contributed by atoms with Crippen LogP contribution in [0.5, 0.6) is 5.75 Å². The Kier molecular flexibility index (Phi) is 3.79. The maximum Gasteiger partial charge on any atom is 0.338 e. The largest absolute Gasteiger partial charge is 0.508 e. The Morgan fingerprint density at radius 2 is 1.95 bits per heavy atom. The molecule has 0 bridgehead atoms. The molecular formula is C15H11NO3. The summed E-state index contributed by atoms with van der Waals surface area (Å²) in [5.41, 5.74) is 1.65. The first kappa shape index (κ1) is 12.7. The fourth-order valence-electron chi connectivity index (χ4n) is 1.56. The van der Waals surface area contributed by atoms with Crippen molar-refractivity contribution in [2.45, 2.75) is 6.61 Å². The summed E-state index contributed by atoms with van der Waals surface area (Å²) < 4.78 is 5.12. The molecule has 0 atom stereocenters. The number of benzene rings is 2. The van der Waals surface area contributed by atoms with Gasteiger partial charge in [-0.1, -0.05) is 12.1 Å². The van der Waals surface area contributed by atoms with Gasteiger partial charge in [-0.3, -0.25) is 0 Å². The highest BCUT2D eigenvalue weighted by Gasteiger charge is 2.07. The monoisotopic (exact) mass is 253 g/mol. The lowest BCUT2D eigenvalue weighted by atomic mass is 10.1. The lowest BCUT2D eigenvalue weighted by Gasteiger charge is -2.05. The molecule has 0 fully saturated rings. The van der Waals surface area contributed by atoms with Crippen molar-refractivity contribution in [1.29, 1.82) is 5.26 Å². The number of hydrogen-bond acceptors (Lipinski definition) is 4. The van der Waals surface area contributed by atoms with E-state index in [1.807, 2.05) is 6.07 Å². The van der Waals surface area contributed by atoms with Gasteiger partial charge in [0.05, 0.1) is 17.2 Å². The molecule has 0 saturated heterocycles. The van der Waals surface area contributed by atoms with Crippen molar-refractivity contribution in [1.82, 2.24) is 0 Å². The van der Waals surface area contributed by atoms with E-state index in [-0.39, 0.29) is 12.4 Å². The average Bonchev–Trinajstić information content (AvgIpc) is 2.46. The summed E-state index contributed by atoms with van der Waals surface area (Å²) in [6.07, 6.45) is 0. The molecule has 0 aliphatic carbocycles. The second-order valence-corrected chi connectivity index (χ2v) is 3.94. The summed E-state index contributed by atoms with van der Waals surface area (Å²) in [5.74, 6) is -0.374. The van der Waals surface area contributed by atoms with Crippen LogP contribution in [0.3, 0.4) is 0 Å². The van der Waals surface area contributed by atoms with Gasteiger partial charge in [-0.25, -0.2) is 4.79 Å². The minimum Gasteiger partial charge on any atom is -0.508 e. The molecule has 94 valence electrons. The average molecular weight is 253 g/mol. The van der Waals surface area contributed by atoms with Gasteiger partial charge in [0.25, 0.3) is 0 Å². The van der Waals surface area contributed by atoms with Crippen LogP contribution in [0, 0.1) is 11.3 Å². The molecule has 19 heavy (non-hydrogen) atoms. The number of carbonyl (C=O) groups excluding carboxylic acids is 1. The molecule has 4 nitrogen and oxygen atoms in total. The number of esters is 1. The molecule has 0 radical (unpaired) electrons. The van der Waals surface area contributed by atoms with Crippen molar-refractivity contribution >= 4 is 5.97 Å². The summed E-state index contributed by atoms with van der Waals surface area (Å²) in [4.78, 5) is 11.7. The lowest BCUT2D eigenvalue weighted by Crippen LogP contribution is -2.05. The quantitative estimate of drug-likeness (QED) is 0.853. The van der Waals surface area contributed by atoms with Crippen LogP contribution in [-0.4, -0.2) is 11.1 Å². The van der Waals surface area contributed by atoms with E-state index < -0.39 is 5.97 Å². The number of hydrogen-bond donors (Lipinski definition) is 1. The predicted molar refractivity (Wildman–Crippen MR) is 68.4 cm³/mol. The van der Waals surface area contributed by atoms with E-state index in [1.165, 1.54) is 24.3 Å². The molecule has 0 aliphatic heterocycles. The first-order valence-electron chi connectivity index (χ1n) is 5.64. The third-order valence-electron chi connectivity index (χ3n) is 2.53. The lowest BCUT2D eigenvalue weighted by molar-refractivity contribution is 0.0472. The van der Waals surface area contributed by atoms with Crippen molar-refractivity contribution in [2.24, 2.45) is 0 Å². The highest BCUT2D eigenvalue weighted by Crippen LogP contribution is 2.12. The maximum absolute atomic E-state index is 11.7. The summed E-state index contributed by atoms with van der Waals surface area (Å²) in [6, 6.07) is 14.7. The van der Waals surface area contributed by atoms with E-state index in [4.69, 9.17) is 15.1 Å². The van der Waals surface area contributed by atoms with Crippen LogP contribution in [0.4, 0.5) is 0 Å². The second kappa shape index (κ2) is 5.69. The molecule has 0 heterocycles. The van der Waals surface area contributed by atoms with Gasteiger partial charge in [-0.05, 0) is 42.0 Å². The number of phenolic OH excluding ortho intramolecular Hbond substituents is 1. The molecule has 1 N–H and O–H groups in total. The molecule has 4 heteroatoms. The standard InChI is InChI=1S/C15H11NO3/c16-9-11-2-1-3-12(8-11)10-19-15(18)13-4-6-14(17)7-5-13/h1-8,17H,10H2. The molecule has 0 aromatic heterocycles. The Morgan fingerprint density at radius 3 is 2.63 bits per heavy atom. The van der Waals surface area contributed by atoms with Crippen LogP contribution in [0.25, 0.3) is 0 Å². The fourth-order valence-corrected chi connectivity index (χ4v) is 1.56. The molecule has 2 rings (SSSR count). The first-order valence-corrected chi connectivity index (χ1v) is 5.64. The minimum atomic E-state index is -0.470. The number of ether oxygens (including phenoxy) is 1. The van der Waals surface area contributed by atoms with Crippen molar-refractivity contribution in [3.8, 4) is 11.8 Å². The van der Waals surface area contributed by atoms with Crippen LogP contribution in [0.15, 0.2) is 48.5 Å². The van der Waals surface area contributed by atoms with Gasteiger partial charge in [0, 0.05) is 0 Å². The normalized spacial score (nSPS) is 9.63. The Hall–Kier alpha value is -2.80. The van der Waals surface area contributed by atoms with Crippen molar-refractivity contribution in [3.05, 3.63) is 65.2 Å². The Balaban J connectivity index is 2.00. The molecular weight excluding hydrogens is 242 g/mol. The molecule has 0 saturated carbocycles. The molecule has 0 amide bonds. The zero-order chi connectivity index (χ0) is 13.7. The number of carbonyl (C=O) groups is 1. The molecule has 2 aromatic rings. The highest BCUT2D eigenvalue weighted by atomic mass is 16.5. The molecule has 0 spiro atoms. The van der Waals surface area contributed by atoms with Gasteiger partial charge in [0.2, 0.25) is 0 Å². The van der Waals surface area contributed by atoms with Crippen LogP contribution in [-0.2, 0) is 11.3 Å². The van der Waals surface area contributed by atoms with Gasteiger partial charge >= 0.3 is 5.97 Å². The topological polar surface area (TPSA) is 70.3 Å². The summed E-state index contributed by atoms with van der Waals surface area (Å²) >= 11 is 0. The van der Waals surface area contributed by atoms with Crippen LogP contribution in [0.2, 0.25) is 0 Å². The Morgan fingerprint density at radius 1 is 1.21 bits per heavy atom. The third-order valence-corrected chi connectivity index (χ3v) is 2.53. The Labute approximate surface area is 110 Å². The van der Waals surface area contributed by atoms with Crippen LogP contribution >= 0.6 is 0 Å². The van der Waals surface area contributed by atoms with Gasteiger partial charge < -0.3 is 9.84 Å². The van der Waals surface area contributed by atoms with Gasteiger partial charge in [0.15, 0.2) is 0 Å². The number of phenols is 1. The zero-order valence-electron chi connectivity index (χ0n) is 10.0. The summed E-state index contributed by atoms with van der Waals surface area (Å²) in [6.45, 7) is 0.106. The van der Waals surface area contributed by atoms with Crippen LogP contribution < -0.4 is 0 Å². The number of rotatable bonds is 3. The second-order valence-electron chi connectivity index (χ2n) is 3.94. The molecule has 0 aliphatic rings. The highest BCUT2D eigenvalue weighted by molar-refractivity contribution is 5.89. The maximum atomic E-state index is 11.7. The van der Waals surface area contributed by atoms with Crippen molar-refractivity contribution < 1.29 is 14.6 Å². The number of nitrogens with zero attached hydrogens (tertiary/aromatic N) is 1. The van der Waals surface area contributed by atoms with E-state index >= 15 is 0 Å². The van der Waals surface area contributed by atoms with Gasteiger partial charge in [-0.2, -0.15) is 5.26 Å². The smallest absolute Gasteiger partial charge is 0.338 e.